The molecule has 2 rings (SSSR count). The molecule has 110 valence electrons. The number of rotatable bonds is 5. The van der Waals surface area contributed by atoms with E-state index in [4.69, 9.17) is 16.7 Å². The number of aromatic carboxylic acids is 1. The molecule has 2 N–H and O–H groups in total. The molecule has 0 spiro atoms. The average molecular weight is 304 g/mol. The smallest absolute Gasteiger partial charge is 0.335 e. The molecule has 0 unspecified atom stereocenters. The molecule has 0 saturated heterocycles. The minimum absolute atomic E-state index is 0.219. The van der Waals surface area contributed by atoms with E-state index in [1.165, 1.54) is 11.6 Å². The molecule has 21 heavy (non-hydrogen) atoms. The molecule has 4 heteroatoms. The topological polar surface area (TPSA) is 49.3 Å². The van der Waals surface area contributed by atoms with Gasteiger partial charge in [0.15, 0.2) is 0 Å². The van der Waals surface area contributed by atoms with Gasteiger partial charge >= 0.3 is 5.97 Å². The molecular weight excluding hydrogens is 286 g/mol. The van der Waals surface area contributed by atoms with Crippen molar-refractivity contribution in [2.45, 2.75) is 26.3 Å². The van der Waals surface area contributed by atoms with Crippen LogP contribution in [0.2, 0.25) is 5.02 Å². The fourth-order valence-electron chi connectivity index (χ4n) is 2.01. The van der Waals surface area contributed by atoms with Gasteiger partial charge < -0.3 is 10.4 Å². The summed E-state index contributed by atoms with van der Waals surface area (Å²) in [6.45, 7) is 4.91. The lowest BCUT2D eigenvalue weighted by molar-refractivity contribution is 0.0697. The van der Waals surface area contributed by atoms with Crippen LogP contribution in [-0.4, -0.2) is 11.1 Å². The van der Waals surface area contributed by atoms with E-state index in [1.807, 2.05) is 0 Å². The van der Waals surface area contributed by atoms with Crippen LogP contribution in [-0.2, 0) is 6.54 Å². The van der Waals surface area contributed by atoms with Crippen LogP contribution in [0.15, 0.2) is 42.5 Å². The van der Waals surface area contributed by atoms with Crippen LogP contribution in [0, 0.1) is 0 Å². The van der Waals surface area contributed by atoms with Gasteiger partial charge in [-0.05, 0) is 35.2 Å². The first-order chi connectivity index (χ1) is 9.97. The molecule has 0 fully saturated rings. The Morgan fingerprint density at radius 3 is 2.43 bits per heavy atom. The highest BCUT2D eigenvalue weighted by molar-refractivity contribution is 6.33. The standard InChI is InChI=1S/C17H18ClNO2/c1-11(2)13-5-3-12(4-6-13)10-19-16-9-14(17(20)21)7-8-15(16)18/h3-9,11,19H,10H2,1-2H3,(H,20,21). The second-order valence-electron chi connectivity index (χ2n) is 5.25. The number of carboxylic acid groups (broad SMARTS) is 1. The fraction of sp³-hybridized carbons (Fsp3) is 0.235. The molecule has 0 atom stereocenters. The molecule has 0 aromatic heterocycles. The summed E-state index contributed by atoms with van der Waals surface area (Å²) < 4.78 is 0. The molecule has 2 aromatic rings. The Kier molecular flexibility index (Phi) is 4.86. The Morgan fingerprint density at radius 2 is 1.86 bits per heavy atom. The molecular formula is C17H18ClNO2. The van der Waals surface area contributed by atoms with E-state index < -0.39 is 5.97 Å². The SMILES string of the molecule is CC(C)c1ccc(CNc2cc(C(=O)O)ccc2Cl)cc1. The highest BCUT2D eigenvalue weighted by atomic mass is 35.5. The van der Waals surface area contributed by atoms with Crippen molar-refractivity contribution >= 4 is 23.3 Å². The van der Waals surface area contributed by atoms with Gasteiger partial charge in [-0.15, -0.1) is 0 Å². The van der Waals surface area contributed by atoms with Crippen LogP contribution in [0.3, 0.4) is 0 Å². The average Bonchev–Trinajstić information content (AvgIpc) is 2.46. The lowest BCUT2D eigenvalue weighted by Gasteiger charge is -2.11. The number of hydrogen-bond acceptors (Lipinski definition) is 2. The zero-order chi connectivity index (χ0) is 15.4. The molecule has 0 aliphatic heterocycles. The second kappa shape index (κ2) is 6.64. The van der Waals surface area contributed by atoms with E-state index in [-0.39, 0.29) is 5.56 Å². The Hall–Kier alpha value is -2.00. The minimum atomic E-state index is -0.962. The predicted molar refractivity (Wildman–Crippen MR) is 86.3 cm³/mol. The predicted octanol–water partition coefficient (Wildman–Crippen LogP) is 4.77. The quantitative estimate of drug-likeness (QED) is 0.836. The van der Waals surface area contributed by atoms with E-state index in [2.05, 4.69) is 43.4 Å². The van der Waals surface area contributed by atoms with Gasteiger partial charge in [0.1, 0.15) is 0 Å². The van der Waals surface area contributed by atoms with Gasteiger partial charge in [-0.1, -0.05) is 49.7 Å². The maximum absolute atomic E-state index is 11.0. The summed E-state index contributed by atoms with van der Waals surface area (Å²) in [7, 11) is 0. The Labute approximate surface area is 129 Å². The van der Waals surface area contributed by atoms with Crippen molar-refractivity contribution in [2.24, 2.45) is 0 Å². The van der Waals surface area contributed by atoms with Crippen LogP contribution in [0.5, 0.6) is 0 Å². The van der Waals surface area contributed by atoms with Crippen molar-refractivity contribution in [1.29, 1.82) is 0 Å². The largest absolute Gasteiger partial charge is 0.478 e. The van der Waals surface area contributed by atoms with Gasteiger partial charge in [-0.25, -0.2) is 4.79 Å². The van der Waals surface area contributed by atoms with Crippen molar-refractivity contribution in [1.82, 2.24) is 0 Å². The molecule has 0 radical (unpaired) electrons. The van der Waals surface area contributed by atoms with Crippen LogP contribution in [0.4, 0.5) is 5.69 Å². The molecule has 0 aliphatic rings. The van der Waals surface area contributed by atoms with Crippen LogP contribution >= 0.6 is 11.6 Å². The van der Waals surface area contributed by atoms with Crippen molar-refractivity contribution in [3.63, 3.8) is 0 Å². The highest BCUT2D eigenvalue weighted by Crippen LogP contribution is 2.24. The molecule has 0 aliphatic carbocycles. The summed E-state index contributed by atoms with van der Waals surface area (Å²) in [5.74, 6) is -0.454. The highest BCUT2D eigenvalue weighted by Gasteiger charge is 2.07. The zero-order valence-corrected chi connectivity index (χ0v) is 12.8. The fourth-order valence-corrected chi connectivity index (χ4v) is 2.20. The number of carboxylic acids is 1. The second-order valence-corrected chi connectivity index (χ2v) is 5.66. The molecule has 0 heterocycles. The Bertz CT molecular complexity index is 636. The van der Waals surface area contributed by atoms with Crippen LogP contribution in [0.1, 0.15) is 41.3 Å². The maximum Gasteiger partial charge on any atom is 0.335 e. The minimum Gasteiger partial charge on any atom is -0.478 e. The normalized spacial score (nSPS) is 10.7. The molecule has 2 aromatic carbocycles. The third kappa shape index (κ3) is 3.99. The maximum atomic E-state index is 11.0. The van der Waals surface area contributed by atoms with E-state index in [1.54, 1.807) is 12.1 Å². The van der Waals surface area contributed by atoms with Crippen molar-refractivity contribution in [3.05, 3.63) is 64.2 Å². The molecule has 3 nitrogen and oxygen atoms in total. The summed E-state index contributed by atoms with van der Waals surface area (Å²) in [5.41, 5.74) is 3.27. The first-order valence-electron chi connectivity index (χ1n) is 6.83. The Morgan fingerprint density at radius 1 is 1.19 bits per heavy atom. The first kappa shape index (κ1) is 15.4. The number of halogens is 1. The summed E-state index contributed by atoms with van der Waals surface area (Å²) in [5, 5.41) is 12.7. The van der Waals surface area contributed by atoms with Gasteiger partial charge in [0.05, 0.1) is 16.3 Å². The Balaban J connectivity index is 2.09. The molecule has 0 saturated carbocycles. The number of carbonyl (C=O) groups is 1. The number of anilines is 1. The van der Waals surface area contributed by atoms with E-state index in [9.17, 15) is 4.79 Å². The number of hydrogen-bond donors (Lipinski definition) is 2. The summed E-state index contributed by atoms with van der Waals surface area (Å²) in [4.78, 5) is 11.0. The lowest BCUT2D eigenvalue weighted by atomic mass is 10.0. The van der Waals surface area contributed by atoms with Gasteiger partial charge in [-0.3, -0.25) is 0 Å². The van der Waals surface area contributed by atoms with E-state index in [0.717, 1.165) is 5.56 Å². The summed E-state index contributed by atoms with van der Waals surface area (Å²) in [6, 6.07) is 13.0. The van der Waals surface area contributed by atoms with E-state index >= 15 is 0 Å². The van der Waals surface area contributed by atoms with Gasteiger partial charge in [-0.2, -0.15) is 0 Å². The van der Waals surface area contributed by atoms with Crippen molar-refractivity contribution < 1.29 is 9.90 Å². The zero-order valence-electron chi connectivity index (χ0n) is 12.1. The first-order valence-corrected chi connectivity index (χ1v) is 7.20. The van der Waals surface area contributed by atoms with E-state index in [0.29, 0.717) is 23.2 Å². The van der Waals surface area contributed by atoms with Crippen molar-refractivity contribution in [2.75, 3.05) is 5.32 Å². The van der Waals surface area contributed by atoms with Gasteiger partial charge in [0, 0.05) is 6.54 Å². The number of benzene rings is 2. The molecule has 0 amide bonds. The summed E-state index contributed by atoms with van der Waals surface area (Å²) in [6.07, 6.45) is 0. The third-order valence-electron chi connectivity index (χ3n) is 3.34. The summed E-state index contributed by atoms with van der Waals surface area (Å²) >= 11 is 6.08. The monoisotopic (exact) mass is 303 g/mol. The van der Waals surface area contributed by atoms with Crippen molar-refractivity contribution in [3.8, 4) is 0 Å². The van der Waals surface area contributed by atoms with Crippen LogP contribution in [0.25, 0.3) is 0 Å². The van der Waals surface area contributed by atoms with Gasteiger partial charge in [0.25, 0.3) is 0 Å². The number of nitrogens with one attached hydrogen (secondary N) is 1. The third-order valence-corrected chi connectivity index (χ3v) is 3.67. The molecule has 0 bridgehead atoms. The van der Waals surface area contributed by atoms with Gasteiger partial charge in [0.2, 0.25) is 0 Å². The lowest BCUT2D eigenvalue weighted by Crippen LogP contribution is -2.03. The van der Waals surface area contributed by atoms with Crippen LogP contribution < -0.4 is 5.32 Å².